The average Bonchev–Trinajstić information content (AvgIpc) is 2.28. The Kier molecular flexibility index (Phi) is 5.86. The molecule has 1 aliphatic rings. The van der Waals surface area contributed by atoms with Gasteiger partial charge in [-0.25, -0.2) is 0 Å². The molecule has 1 amide bonds. The van der Waals surface area contributed by atoms with Crippen molar-refractivity contribution in [2.75, 3.05) is 6.54 Å². The van der Waals surface area contributed by atoms with E-state index in [9.17, 15) is 4.79 Å². The summed E-state index contributed by atoms with van der Waals surface area (Å²) in [6.45, 7) is 7.54. The summed E-state index contributed by atoms with van der Waals surface area (Å²) >= 11 is 0. The molecule has 2 nitrogen and oxygen atoms in total. The number of carbonyl (C=O) groups excluding carboxylic acids is 1. The van der Waals surface area contributed by atoms with Crippen molar-refractivity contribution < 1.29 is 4.79 Å². The van der Waals surface area contributed by atoms with Gasteiger partial charge in [-0.1, -0.05) is 26.7 Å². The summed E-state index contributed by atoms with van der Waals surface area (Å²) in [4.78, 5) is 14.6. The van der Waals surface area contributed by atoms with E-state index in [4.69, 9.17) is 0 Å². The Balaban J connectivity index is 2.57. The van der Waals surface area contributed by atoms with Gasteiger partial charge in [0.2, 0.25) is 5.91 Å². The number of likely N-dealkylation sites (tertiary alicyclic amines) is 1. The summed E-state index contributed by atoms with van der Waals surface area (Å²) < 4.78 is 0. The summed E-state index contributed by atoms with van der Waals surface area (Å²) in [7, 11) is 0. The second-order valence-corrected chi connectivity index (χ2v) is 5.15. The maximum absolute atomic E-state index is 12.4. The van der Waals surface area contributed by atoms with E-state index in [-0.39, 0.29) is 5.92 Å². The fourth-order valence-electron chi connectivity index (χ4n) is 2.75. The first-order valence-corrected chi connectivity index (χ1v) is 7.01. The third-order valence-electron chi connectivity index (χ3n) is 3.71. The van der Waals surface area contributed by atoms with Crippen LogP contribution in [0.4, 0.5) is 0 Å². The molecule has 1 aliphatic heterocycles. The van der Waals surface area contributed by atoms with Crippen molar-refractivity contribution in [2.24, 2.45) is 5.92 Å². The van der Waals surface area contributed by atoms with Gasteiger partial charge in [-0.15, -0.1) is 0 Å². The molecule has 16 heavy (non-hydrogen) atoms. The Bertz CT molecular complexity index is 209. The predicted molar refractivity (Wildman–Crippen MR) is 68.3 cm³/mol. The van der Waals surface area contributed by atoms with Crippen LogP contribution in [-0.2, 0) is 4.79 Å². The Morgan fingerprint density at radius 2 is 1.88 bits per heavy atom. The molecule has 0 aromatic rings. The molecule has 1 saturated heterocycles. The van der Waals surface area contributed by atoms with E-state index >= 15 is 0 Å². The van der Waals surface area contributed by atoms with Crippen molar-refractivity contribution in [1.29, 1.82) is 0 Å². The smallest absolute Gasteiger partial charge is 0.225 e. The molecular weight excluding hydrogens is 198 g/mol. The lowest BCUT2D eigenvalue weighted by atomic mass is 9.94. The molecule has 0 aromatic heterocycles. The molecule has 1 unspecified atom stereocenters. The summed E-state index contributed by atoms with van der Waals surface area (Å²) in [6, 6.07) is 0.470. The highest BCUT2D eigenvalue weighted by Crippen LogP contribution is 2.23. The monoisotopic (exact) mass is 225 g/mol. The van der Waals surface area contributed by atoms with Crippen LogP contribution in [0.15, 0.2) is 0 Å². The van der Waals surface area contributed by atoms with Gasteiger partial charge in [-0.05, 0) is 39.0 Å². The number of hydrogen-bond donors (Lipinski definition) is 0. The minimum absolute atomic E-state index is 0.288. The van der Waals surface area contributed by atoms with Crippen LogP contribution in [0.2, 0.25) is 0 Å². The lowest BCUT2D eigenvalue weighted by Crippen LogP contribution is -2.45. The molecule has 0 aliphatic carbocycles. The molecule has 0 saturated carbocycles. The van der Waals surface area contributed by atoms with Crippen LogP contribution in [0, 0.1) is 5.92 Å². The van der Waals surface area contributed by atoms with E-state index in [0.717, 1.165) is 32.2 Å². The van der Waals surface area contributed by atoms with E-state index < -0.39 is 0 Å². The van der Waals surface area contributed by atoms with Gasteiger partial charge in [-0.2, -0.15) is 0 Å². The van der Waals surface area contributed by atoms with Crippen LogP contribution < -0.4 is 0 Å². The van der Waals surface area contributed by atoms with E-state index in [1.165, 1.54) is 19.3 Å². The normalized spacial score (nSPS) is 21.5. The Hall–Kier alpha value is -0.530. The second-order valence-electron chi connectivity index (χ2n) is 5.15. The van der Waals surface area contributed by atoms with Crippen molar-refractivity contribution in [1.82, 2.24) is 4.90 Å². The van der Waals surface area contributed by atoms with E-state index in [2.05, 4.69) is 25.7 Å². The summed E-state index contributed by atoms with van der Waals surface area (Å²) in [5.41, 5.74) is 0. The number of carbonyl (C=O) groups is 1. The highest BCUT2D eigenvalue weighted by molar-refractivity contribution is 5.79. The lowest BCUT2D eigenvalue weighted by Gasteiger charge is -2.36. The Morgan fingerprint density at radius 3 is 2.38 bits per heavy atom. The topological polar surface area (TPSA) is 20.3 Å². The van der Waals surface area contributed by atoms with Crippen LogP contribution >= 0.6 is 0 Å². The molecule has 0 N–H and O–H groups in total. The van der Waals surface area contributed by atoms with Gasteiger partial charge >= 0.3 is 0 Å². The molecule has 0 aromatic carbocycles. The molecule has 0 spiro atoms. The minimum atomic E-state index is 0.288. The second kappa shape index (κ2) is 6.93. The standard InChI is InChI=1S/C14H27NO/c1-4-8-13(9-5-2)14(16)15-11-7-6-10-12(15)3/h12-13H,4-11H2,1-3H3. The SMILES string of the molecule is CCCC(CCC)C(=O)N1CCCCC1C. The molecule has 94 valence electrons. The zero-order chi connectivity index (χ0) is 12.0. The fourth-order valence-corrected chi connectivity index (χ4v) is 2.75. The highest BCUT2D eigenvalue weighted by Gasteiger charge is 2.28. The number of amides is 1. The molecule has 1 fully saturated rings. The minimum Gasteiger partial charge on any atom is -0.340 e. The number of nitrogens with zero attached hydrogens (tertiary/aromatic N) is 1. The fraction of sp³-hybridized carbons (Fsp3) is 0.929. The zero-order valence-corrected chi connectivity index (χ0v) is 11.2. The molecule has 0 bridgehead atoms. The van der Waals surface area contributed by atoms with Crippen molar-refractivity contribution >= 4 is 5.91 Å². The van der Waals surface area contributed by atoms with Crippen LogP contribution in [0.25, 0.3) is 0 Å². The summed E-state index contributed by atoms with van der Waals surface area (Å²) in [6.07, 6.45) is 8.05. The van der Waals surface area contributed by atoms with Crippen molar-refractivity contribution in [3.8, 4) is 0 Å². The first kappa shape index (κ1) is 13.5. The quantitative estimate of drug-likeness (QED) is 0.700. The Labute approximate surface area is 100 Å². The Morgan fingerprint density at radius 1 is 1.25 bits per heavy atom. The van der Waals surface area contributed by atoms with Crippen molar-refractivity contribution in [2.45, 2.75) is 71.8 Å². The molecule has 0 radical (unpaired) electrons. The molecule has 1 atom stereocenters. The van der Waals surface area contributed by atoms with E-state index in [1.807, 2.05) is 0 Å². The zero-order valence-electron chi connectivity index (χ0n) is 11.2. The molecule has 1 heterocycles. The van der Waals surface area contributed by atoms with Crippen molar-refractivity contribution in [3.05, 3.63) is 0 Å². The van der Waals surface area contributed by atoms with Crippen LogP contribution in [0.1, 0.15) is 65.7 Å². The molecule has 2 heteroatoms. The van der Waals surface area contributed by atoms with Gasteiger partial charge in [0, 0.05) is 18.5 Å². The first-order chi connectivity index (χ1) is 7.70. The maximum Gasteiger partial charge on any atom is 0.225 e. The van der Waals surface area contributed by atoms with Gasteiger partial charge < -0.3 is 4.90 Å². The number of hydrogen-bond acceptors (Lipinski definition) is 1. The van der Waals surface area contributed by atoms with Crippen LogP contribution in [0.5, 0.6) is 0 Å². The lowest BCUT2D eigenvalue weighted by molar-refractivity contribution is -0.139. The van der Waals surface area contributed by atoms with Crippen molar-refractivity contribution in [3.63, 3.8) is 0 Å². The highest BCUT2D eigenvalue weighted by atomic mass is 16.2. The molecule has 1 rings (SSSR count). The van der Waals surface area contributed by atoms with Gasteiger partial charge in [-0.3, -0.25) is 4.79 Å². The third kappa shape index (κ3) is 3.50. The predicted octanol–water partition coefficient (Wildman–Crippen LogP) is 3.60. The van der Waals surface area contributed by atoms with Gasteiger partial charge in [0.1, 0.15) is 0 Å². The third-order valence-corrected chi connectivity index (χ3v) is 3.71. The first-order valence-electron chi connectivity index (χ1n) is 7.01. The largest absolute Gasteiger partial charge is 0.340 e. The van der Waals surface area contributed by atoms with Crippen LogP contribution in [0.3, 0.4) is 0 Å². The van der Waals surface area contributed by atoms with Gasteiger partial charge in [0.25, 0.3) is 0 Å². The van der Waals surface area contributed by atoms with E-state index in [0.29, 0.717) is 11.9 Å². The average molecular weight is 225 g/mol. The maximum atomic E-state index is 12.4. The number of piperidine rings is 1. The summed E-state index contributed by atoms with van der Waals surface area (Å²) in [5, 5.41) is 0. The number of rotatable bonds is 5. The van der Waals surface area contributed by atoms with E-state index in [1.54, 1.807) is 0 Å². The molecular formula is C14H27NO. The van der Waals surface area contributed by atoms with Gasteiger partial charge in [0.05, 0.1) is 0 Å². The van der Waals surface area contributed by atoms with Crippen LogP contribution in [-0.4, -0.2) is 23.4 Å². The van der Waals surface area contributed by atoms with Gasteiger partial charge in [0.15, 0.2) is 0 Å². The summed E-state index contributed by atoms with van der Waals surface area (Å²) in [5.74, 6) is 0.714.